The van der Waals surface area contributed by atoms with Gasteiger partial charge in [0.25, 0.3) is 0 Å². The van der Waals surface area contributed by atoms with E-state index in [1.54, 1.807) is 0 Å². The Balaban J connectivity index is 2.82. The number of nitrogen functional groups attached to an aromatic ring is 1. The monoisotopic (exact) mass is 218 g/mol. The number of ether oxygens (including phenoxy) is 1. The fourth-order valence-corrected chi connectivity index (χ4v) is 1.90. The molecule has 3 N–H and O–H groups in total. The largest absolute Gasteiger partial charge is 0.464 e. The van der Waals surface area contributed by atoms with Gasteiger partial charge in [0.05, 0.1) is 18.3 Å². The van der Waals surface area contributed by atoms with E-state index in [9.17, 15) is 4.79 Å². The van der Waals surface area contributed by atoms with E-state index < -0.39 is 5.97 Å². The second-order valence-corrected chi connectivity index (χ2v) is 3.85. The Morgan fingerprint density at radius 2 is 1.94 bits per heavy atom. The number of hydrogen-bond acceptors (Lipinski definition) is 3. The molecule has 4 heteroatoms. The Kier molecular flexibility index (Phi) is 2.34. The van der Waals surface area contributed by atoms with E-state index in [2.05, 4.69) is 9.72 Å². The first-order chi connectivity index (χ1) is 7.56. The number of H-pyrrole nitrogens is 1. The zero-order chi connectivity index (χ0) is 11.9. The number of carbonyl (C=O) groups is 1. The molecule has 1 heterocycles. The summed E-state index contributed by atoms with van der Waals surface area (Å²) in [5.41, 5.74) is 9.75. The molecular weight excluding hydrogens is 204 g/mol. The van der Waals surface area contributed by atoms with Crippen molar-refractivity contribution < 1.29 is 9.53 Å². The quantitative estimate of drug-likeness (QED) is 0.720. The van der Waals surface area contributed by atoms with E-state index in [0.717, 1.165) is 22.0 Å². The lowest BCUT2D eigenvalue weighted by Crippen LogP contribution is -2.04. The number of aryl methyl sites for hydroxylation is 2. The maximum Gasteiger partial charge on any atom is 0.356 e. The third-order valence-corrected chi connectivity index (χ3v) is 2.80. The molecule has 0 radical (unpaired) electrons. The molecular formula is C12H14N2O2. The number of rotatable bonds is 1. The molecule has 0 aliphatic heterocycles. The molecule has 2 aromatic rings. The molecule has 1 aromatic carbocycles. The van der Waals surface area contributed by atoms with Crippen molar-refractivity contribution in [3.8, 4) is 0 Å². The average Bonchev–Trinajstić information content (AvgIpc) is 2.62. The molecule has 0 saturated heterocycles. The summed E-state index contributed by atoms with van der Waals surface area (Å²) in [4.78, 5) is 14.5. The molecule has 0 atom stereocenters. The highest BCUT2D eigenvalue weighted by Gasteiger charge is 2.17. The van der Waals surface area contributed by atoms with Crippen LogP contribution < -0.4 is 5.73 Å². The van der Waals surface area contributed by atoms with Gasteiger partial charge in [0.2, 0.25) is 0 Å². The highest BCUT2D eigenvalue weighted by molar-refractivity contribution is 6.07. The van der Waals surface area contributed by atoms with Crippen molar-refractivity contribution in [1.82, 2.24) is 4.98 Å². The number of methoxy groups -OCH3 is 1. The van der Waals surface area contributed by atoms with Crippen molar-refractivity contribution in [3.63, 3.8) is 0 Å². The van der Waals surface area contributed by atoms with Crippen LogP contribution in [0.5, 0.6) is 0 Å². The highest BCUT2D eigenvalue weighted by Crippen LogP contribution is 2.30. The van der Waals surface area contributed by atoms with Crippen LogP contribution in [0.2, 0.25) is 0 Å². The first-order valence-corrected chi connectivity index (χ1v) is 5.02. The maximum absolute atomic E-state index is 11.5. The molecule has 0 fully saturated rings. The van der Waals surface area contributed by atoms with Crippen molar-refractivity contribution in [2.45, 2.75) is 13.8 Å². The van der Waals surface area contributed by atoms with E-state index in [1.165, 1.54) is 7.11 Å². The van der Waals surface area contributed by atoms with Gasteiger partial charge in [-0.3, -0.25) is 0 Å². The molecule has 0 amide bonds. The summed E-state index contributed by atoms with van der Waals surface area (Å²) >= 11 is 0. The summed E-state index contributed by atoms with van der Waals surface area (Å²) < 4.78 is 4.68. The van der Waals surface area contributed by atoms with E-state index in [1.807, 2.05) is 26.0 Å². The summed E-state index contributed by atoms with van der Waals surface area (Å²) in [6, 6.07) is 3.98. The van der Waals surface area contributed by atoms with E-state index in [4.69, 9.17) is 5.73 Å². The van der Waals surface area contributed by atoms with Crippen molar-refractivity contribution in [3.05, 3.63) is 29.0 Å². The smallest absolute Gasteiger partial charge is 0.356 e. The first-order valence-electron chi connectivity index (χ1n) is 5.02. The number of fused-ring (bicyclic) bond motifs is 1. The molecule has 0 spiro atoms. The number of nitrogens with one attached hydrogen (secondary N) is 1. The number of aromatic amines is 1. The van der Waals surface area contributed by atoms with Gasteiger partial charge in [-0.1, -0.05) is 12.1 Å². The maximum atomic E-state index is 11.5. The third-order valence-electron chi connectivity index (χ3n) is 2.80. The SMILES string of the molecule is COC(=O)c1[nH]c2c(C)ccc(C)c2c1N. The first kappa shape index (κ1) is 10.5. The van der Waals surface area contributed by atoms with Crippen LogP contribution in [-0.4, -0.2) is 18.1 Å². The Hall–Kier alpha value is -1.97. The van der Waals surface area contributed by atoms with Gasteiger partial charge < -0.3 is 15.5 Å². The van der Waals surface area contributed by atoms with Crippen LogP contribution in [0.15, 0.2) is 12.1 Å². The molecule has 84 valence electrons. The van der Waals surface area contributed by atoms with Gasteiger partial charge in [-0.05, 0) is 25.0 Å². The third kappa shape index (κ3) is 1.34. The Bertz CT molecular complexity index is 570. The summed E-state index contributed by atoms with van der Waals surface area (Å²) in [5, 5.41) is 0.903. The Labute approximate surface area is 93.4 Å². The number of benzene rings is 1. The van der Waals surface area contributed by atoms with Crippen LogP contribution in [0.1, 0.15) is 21.6 Å². The van der Waals surface area contributed by atoms with Gasteiger partial charge in [0.1, 0.15) is 5.69 Å². The van der Waals surface area contributed by atoms with Crippen LogP contribution in [0.25, 0.3) is 10.9 Å². The number of hydrogen-bond donors (Lipinski definition) is 2. The van der Waals surface area contributed by atoms with Gasteiger partial charge in [0, 0.05) is 5.39 Å². The van der Waals surface area contributed by atoms with Crippen molar-refractivity contribution in [1.29, 1.82) is 0 Å². The summed E-state index contributed by atoms with van der Waals surface area (Å²) in [5.74, 6) is -0.438. The molecule has 1 aromatic heterocycles. The minimum Gasteiger partial charge on any atom is -0.464 e. The molecule has 0 aliphatic carbocycles. The van der Waals surface area contributed by atoms with Gasteiger partial charge >= 0.3 is 5.97 Å². The molecule has 16 heavy (non-hydrogen) atoms. The second-order valence-electron chi connectivity index (χ2n) is 3.85. The predicted octanol–water partition coefficient (Wildman–Crippen LogP) is 2.15. The number of anilines is 1. The summed E-state index contributed by atoms with van der Waals surface area (Å²) in [6.07, 6.45) is 0. The van der Waals surface area contributed by atoms with Crippen LogP contribution in [-0.2, 0) is 4.74 Å². The van der Waals surface area contributed by atoms with Crippen molar-refractivity contribution in [2.75, 3.05) is 12.8 Å². The average molecular weight is 218 g/mol. The van der Waals surface area contributed by atoms with Crippen LogP contribution in [0.4, 0.5) is 5.69 Å². The van der Waals surface area contributed by atoms with Crippen LogP contribution in [0, 0.1) is 13.8 Å². The molecule has 4 nitrogen and oxygen atoms in total. The lowest BCUT2D eigenvalue weighted by molar-refractivity contribution is 0.0596. The Morgan fingerprint density at radius 1 is 1.31 bits per heavy atom. The molecule has 0 unspecified atom stereocenters. The number of esters is 1. The molecule has 2 rings (SSSR count). The number of nitrogens with two attached hydrogens (primary N) is 1. The van der Waals surface area contributed by atoms with Gasteiger partial charge in [-0.2, -0.15) is 0 Å². The van der Waals surface area contributed by atoms with Gasteiger partial charge in [0.15, 0.2) is 0 Å². The standard InChI is InChI=1S/C12H14N2O2/c1-6-4-5-7(2)10-8(6)9(13)11(14-10)12(15)16-3/h4-5,14H,13H2,1-3H3. The molecule has 0 aliphatic rings. The summed E-state index contributed by atoms with van der Waals surface area (Å²) in [7, 11) is 1.34. The fourth-order valence-electron chi connectivity index (χ4n) is 1.90. The highest BCUT2D eigenvalue weighted by atomic mass is 16.5. The number of aromatic nitrogens is 1. The normalized spacial score (nSPS) is 10.7. The fraction of sp³-hybridized carbons (Fsp3) is 0.250. The molecule has 0 saturated carbocycles. The lowest BCUT2D eigenvalue weighted by atomic mass is 10.1. The van der Waals surface area contributed by atoms with Gasteiger partial charge in [-0.15, -0.1) is 0 Å². The van der Waals surface area contributed by atoms with Crippen molar-refractivity contribution >= 4 is 22.6 Å². The van der Waals surface area contributed by atoms with Crippen LogP contribution >= 0.6 is 0 Å². The molecule has 0 bridgehead atoms. The van der Waals surface area contributed by atoms with E-state index in [-0.39, 0.29) is 0 Å². The zero-order valence-corrected chi connectivity index (χ0v) is 9.55. The predicted molar refractivity (Wildman–Crippen MR) is 63.5 cm³/mol. The van der Waals surface area contributed by atoms with Crippen LogP contribution in [0.3, 0.4) is 0 Å². The second kappa shape index (κ2) is 3.56. The Morgan fingerprint density at radius 3 is 2.50 bits per heavy atom. The lowest BCUT2D eigenvalue weighted by Gasteiger charge is -2.00. The zero-order valence-electron chi connectivity index (χ0n) is 9.55. The minimum absolute atomic E-state index is 0.329. The van der Waals surface area contributed by atoms with E-state index >= 15 is 0 Å². The van der Waals surface area contributed by atoms with Gasteiger partial charge in [-0.25, -0.2) is 4.79 Å². The summed E-state index contributed by atoms with van der Waals surface area (Å²) in [6.45, 7) is 3.94. The number of carbonyl (C=O) groups excluding carboxylic acids is 1. The van der Waals surface area contributed by atoms with Crippen molar-refractivity contribution in [2.24, 2.45) is 0 Å². The van der Waals surface area contributed by atoms with E-state index in [0.29, 0.717) is 11.4 Å². The topological polar surface area (TPSA) is 68.1 Å². The minimum atomic E-state index is -0.438.